The molecule has 2 aromatic heterocycles. The van der Waals surface area contributed by atoms with Gasteiger partial charge in [0, 0.05) is 27.6 Å². The van der Waals surface area contributed by atoms with Gasteiger partial charge in [0.05, 0.1) is 22.4 Å². The van der Waals surface area contributed by atoms with Crippen LogP contribution in [-0.2, 0) is 0 Å². The summed E-state index contributed by atoms with van der Waals surface area (Å²) in [5.74, 6) is 0.728. The highest BCUT2D eigenvalue weighted by atomic mass is 15.0. The summed E-state index contributed by atoms with van der Waals surface area (Å²) in [6.45, 7) is 4.27. The van der Waals surface area contributed by atoms with Crippen molar-refractivity contribution in [2.75, 3.05) is 0 Å². The molecule has 0 saturated carbocycles. The molecule has 0 fully saturated rings. The second-order valence-electron chi connectivity index (χ2n) is 10.8. The summed E-state index contributed by atoms with van der Waals surface area (Å²) >= 11 is 0. The van der Waals surface area contributed by atoms with Crippen LogP contribution in [-0.4, -0.2) is 14.5 Å². The maximum atomic E-state index is 4.96. The molecule has 206 valence electrons. The Hall–Kier alpha value is -5.54. The van der Waals surface area contributed by atoms with Crippen LogP contribution in [0.3, 0.4) is 0 Å². The summed E-state index contributed by atoms with van der Waals surface area (Å²) in [6, 6.07) is 48.6. The standard InChI is InChI=1S/C40H31N3/c1-28(30-23-25-33(26-24-30)43-38-19-11-9-17-34(38)35-18-10-12-20-39(35)43)21-22-29(2)36-27-37(31-13-5-3-6-14-31)42-40(41-36)32-15-7-4-8-16-32/h3-27H,1-2H3/b28-21+,29-22+. The van der Waals surface area contributed by atoms with Gasteiger partial charge >= 0.3 is 0 Å². The lowest BCUT2D eigenvalue weighted by Crippen LogP contribution is -1.97. The highest BCUT2D eigenvalue weighted by molar-refractivity contribution is 6.09. The van der Waals surface area contributed by atoms with E-state index in [0.29, 0.717) is 0 Å². The van der Waals surface area contributed by atoms with E-state index in [4.69, 9.17) is 9.97 Å². The minimum absolute atomic E-state index is 0.728. The van der Waals surface area contributed by atoms with E-state index < -0.39 is 0 Å². The zero-order valence-electron chi connectivity index (χ0n) is 24.3. The third-order valence-corrected chi connectivity index (χ3v) is 7.98. The molecule has 0 bridgehead atoms. The Morgan fingerprint density at radius 3 is 1.70 bits per heavy atom. The fourth-order valence-corrected chi connectivity index (χ4v) is 5.63. The molecular weight excluding hydrogens is 522 g/mol. The van der Waals surface area contributed by atoms with Gasteiger partial charge in [-0.15, -0.1) is 0 Å². The van der Waals surface area contributed by atoms with Crippen molar-refractivity contribution in [2.45, 2.75) is 13.8 Å². The largest absolute Gasteiger partial charge is 0.309 e. The predicted octanol–water partition coefficient (Wildman–Crippen LogP) is 10.4. The topological polar surface area (TPSA) is 30.7 Å². The smallest absolute Gasteiger partial charge is 0.160 e. The molecule has 43 heavy (non-hydrogen) atoms. The van der Waals surface area contributed by atoms with Crippen molar-refractivity contribution in [3.05, 3.63) is 163 Å². The number of allylic oxidation sites excluding steroid dienone is 4. The van der Waals surface area contributed by atoms with Gasteiger partial charge in [0.2, 0.25) is 0 Å². The molecule has 0 aliphatic heterocycles. The molecule has 0 radical (unpaired) electrons. The van der Waals surface area contributed by atoms with Crippen LogP contribution in [0, 0.1) is 0 Å². The zero-order chi connectivity index (χ0) is 29.2. The molecule has 7 rings (SSSR count). The number of para-hydroxylation sites is 2. The molecule has 2 heterocycles. The van der Waals surface area contributed by atoms with Gasteiger partial charge in [0.25, 0.3) is 0 Å². The minimum Gasteiger partial charge on any atom is -0.309 e. The third-order valence-electron chi connectivity index (χ3n) is 7.98. The van der Waals surface area contributed by atoms with Gasteiger partial charge < -0.3 is 4.57 Å². The van der Waals surface area contributed by atoms with Crippen molar-refractivity contribution in [1.29, 1.82) is 0 Å². The average Bonchev–Trinajstić information content (AvgIpc) is 3.42. The highest BCUT2D eigenvalue weighted by Gasteiger charge is 2.12. The lowest BCUT2D eigenvalue weighted by Gasteiger charge is -2.10. The Kier molecular flexibility index (Phi) is 6.98. The quantitative estimate of drug-likeness (QED) is 0.192. The van der Waals surface area contributed by atoms with Crippen molar-refractivity contribution in [3.8, 4) is 28.3 Å². The molecule has 7 aromatic rings. The van der Waals surface area contributed by atoms with Crippen molar-refractivity contribution in [2.24, 2.45) is 0 Å². The molecule has 0 saturated heterocycles. The minimum atomic E-state index is 0.728. The number of nitrogens with zero attached hydrogens (tertiary/aromatic N) is 3. The van der Waals surface area contributed by atoms with E-state index >= 15 is 0 Å². The molecule has 0 unspecified atom stereocenters. The highest BCUT2D eigenvalue weighted by Crippen LogP contribution is 2.32. The fraction of sp³-hybridized carbons (Fsp3) is 0.0500. The number of rotatable bonds is 6. The van der Waals surface area contributed by atoms with E-state index in [0.717, 1.165) is 39.6 Å². The first-order valence-corrected chi connectivity index (χ1v) is 14.6. The van der Waals surface area contributed by atoms with Gasteiger partial charge in [-0.25, -0.2) is 9.97 Å². The summed E-state index contributed by atoms with van der Waals surface area (Å²) in [6.07, 6.45) is 4.33. The molecule has 0 aliphatic rings. The van der Waals surface area contributed by atoms with E-state index in [2.05, 4.69) is 134 Å². The first kappa shape index (κ1) is 26.4. The maximum Gasteiger partial charge on any atom is 0.160 e. The monoisotopic (exact) mass is 553 g/mol. The van der Waals surface area contributed by atoms with E-state index in [9.17, 15) is 0 Å². The van der Waals surface area contributed by atoms with Gasteiger partial charge in [0.1, 0.15) is 0 Å². The lowest BCUT2D eigenvalue weighted by molar-refractivity contribution is 1.15. The number of aromatic nitrogens is 3. The van der Waals surface area contributed by atoms with Crippen molar-refractivity contribution in [1.82, 2.24) is 14.5 Å². The molecular formula is C40H31N3. The van der Waals surface area contributed by atoms with Gasteiger partial charge in [-0.2, -0.15) is 0 Å². The average molecular weight is 554 g/mol. The maximum absolute atomic E-state index is 4.96. The summed E-state index contributed by atoms with van der Waals surface area (Å²) < 4.78 is 2.35. The van der Waals surface area contributed by atoms with Crippen molar-refractivity contribution < 1.29 is 0 Å². The molecule has 0 amide bonds. The van der Waals surface area contributed by atoms with E-state index in [-0.39, 0.29) is 0 Å². The molecule has 3 nitrogen and oxygen atoms in total. The first-order valence-electron chi connectivity index (χ1n) is 14.6. The van der Waals surface area contributed by atoms with Crippen LogP contribution >= 0.6 is 0 Å². The SMILES string of the molecule is C/C(=C\C=C(/C)c1cc(-c2ccccc2)nc(-c2ccccc2)n1)c1ccc(-n2c3ccccc3c3ccccc32)cc1. The van der Waals surface area contributed by atoms with Crippen LogP contribution in [0.5, 0.6) is 0 Å². The fourth-order valence-electron chi connectivity index (χ4n) is 5.63. The number of benzene rings is 5. The second kappa shape index (κ2) is 11.4. The van der Waals surface area contributed by atoms with Gasteiger partial charge in [-0.3, -0.25) is 0 Å². The first-order chi connectivity index (χ1) is 21.2. The van der Waals surface area contributed by atoms with Crippen LogP contribution in [0.25, 0.3) is 61.3 Å². The molecule has 3 heteroatoms. The zero-order valence-corrected chi connectivity index (χ0v) is 24.3. The van der Waals surface area contributed by atoms with E-state index in [1.165, 1.54) is 32.9 Å². The molecule has 0 N–H and O–H groups in total. The van der Waals surface area contributed by atoms with Crippen molar-refractivity contribution in [3.63, 3.8) is 0 Å². The number of hydrogen-bond donors (Lipinski definition) is 0. The van der Waals surface area contributed by atoms with Crippen LogP contribution in [0.1, 0.15) is 25.1 Å². The Balaban J connectivity index is 1.22. The summed E-state index contributed by atoms with van der Waals surface area (Å²) in [5.41, 5.74) is 11.0. The molecule has 0 atom stereocenters. The number of fused-ring (bicyclic) bond motifs is 3. The summed E-state index contributed by atoms with van der Waals surface area (Å²) in [7, 11) is 0. The van der Waals surface area contributed by atoms with Gasteiger partial charge in [-0.05, 0) is 60.9 Å². The lowest BCUT2D eigenvalue weighted by atomic mass is 10.0. The Morgan fingerprint density at radius 1 is 0.535 bits per heavy atom. The van der Waals surface area contributed by atoms with Crippen LogP contribution in [0.4, 0.5) is 0 Å². The van der Waals surface area contributed by atoms with E-state index in [1.807, 2.05) is 36.4 Å². The Labute approximate surface area is 252 Å². The summed E-state index contributed by atoms with van der Waals surface area (Å²) in [5, 5.41) is 2.55. The predicted molar refractivity (Wildman–Crippen MR) is 181 cm³/mol. The van der Waals surface area contributed by atoms with Crippen LogP contribution in [0.15, 0.2) is 152 Å². The summed E-state index contributed by atoms with van der Waals surface area (Å²) in [4.78, 5) is 9.87. The molecule has 0 aliphatic carbocycles. The van der Waals surface area contributed by atoms with Crippen molar-refractivity contribution >= 4 is 33.0 Å². The molecule has 0 spiro atoms. The normalized spacial score (nSPS) is 12.2. The van der Waals surface area contributed by atoms with Crippen LogP contribution < -0.4 is 0 Å². The number of hydrogen-bond acceptors (Lipinski definition) is 2. The van der Waals surface area contributed by atoms with Gasteiger partial charge in [0.15, 0.2) is 5.82 Å². The Morgan fingerprint density at radius 2 is 1.07 bits per heavy atom. The third kappa shape index (κ3) is 5.18. The second-order valence-corrected chi connectivity index (χ2v) is 10.8. The Bertz CT molecular complexity index is 2010. The van der Waals surface area contributed by atoms with Crippen LogP contribution in [0.2, 0.25) is 0 Å². The van der Waals surface area contributed by atoms with Gasteiger partial charge in [-0.1, -0.05) is 121 Å². The van der Waals surface area contributed by atoms with E-state index in [1.54, 1.807) is 0 Å². The molecule has 5 aromatic carbocycles.